The van der Waals surface area contributed by atoms with Gasteiger partial charge in [-0.3, -0.25) is 14.4 Å². The molecule has 0 spiro atoms. The molecule has 2 aromatic rings. The lowest BCUT2D eigenvalue weighted by atomic mass is 10.1. The van der Waals surface area contributed by atoms with Gasteiger partial charge in [-0.1, -0.05) is 0 Å². The van der Waals surface area contributed by atoms with E-state index in [1.165, 1.54) is 19.4 Å². The van der Waals surface area contributed by atoms with Gasteiger partial charge >= 0.3 is 13.3 Å². The lowest BCUT2D eigenvalue weighted by Gasteiger charge is -2.16. The monoisotopic (exact) mass is 405 g/mol. The first-order valence-corrected chi connectivity index (χ1v) is 8.69. The van der Waals surface area contributed by atoms with Gasteiger partial charge in [0.15, 0.2) is 11.6 Å². The van der Waals surface area contributed by atoms with Crippen LogP contribution in [0.3, 0.4) is 0 Å². The average molecular weight is 405 g/mol. The zero-order valence-corrected chi connectivity index (χ0v) is 15.9. The van der Waals surface area contributed by atoms with Crippen LogP contribution in [0.1, 0.15) is 43.1 Å². The molecule has 0 radical (unpaired) electrons. The molecule has 0 bridgehead atoms. The Bertz CT molecular complexity index is 1050. The molecular formula is C18H17BFNO8. The predicted octanol–water partition coefficient (Wildman–Crippen LogP) is 1.75. The van der Waals surface area contributed by atoms with E-state index in [1.807, 2.05) is 0 Å². The number of nitrogens with zero attached hydrogens (tertiary/aromatic N) is 1. The molecule has 0 amide bonds. The number of pyridine rings is 1. The van der Waals surface area contributed by atoms with Crippen molar-refractivity contribution >= 4 is 36.1 Å². The number of hydrogen-bond donors (Lipinski definition) is 0. The molecule has 1 aliphatic carbocycles. The summed E-state index contributed by atoms with van der Waals surface area (Å²) in [6, 6.07) is 2.27. The first kappa shape index (κ1) is 20.4. The van der Waals surface area contributed by atoms with Crippen molar-refractivity contribution < 1.29 is 37.5 Å². The maximum Gasteiger partial charge on any atom is 0.870 e. The number of aromatic nitrogens is 1. The Kier molecular flexibility index (Phi) is 5.58. The number of halogens is 1. The van der Waals surface area contributed by atoms with E-state index < -0.39 is 36.5 Å². The summed E-state index contributed by atoms with van der Waals surface area (Å²) in [5.74, 6) is -3.64. The van der Waals surface area contributed by atoms with Gasteiger partial charge in [-0.15, -0.1) is 0 Å². The van der Waals surface area contributed by atoms with Crippen LogP contribution in [0.15, 0.2) is 23.1 Å². The minimum absolute atomic E-state index is 0.0434. The predicted molar refractivity (Wildman–Crippen MR) is 97.7 cm³/mol. The molecular weight excluding hydrogens is 388 g/mol. The second-order valence-corrected chi connectivity index (χ2v) is 6.40. The normalized spacial score (nSPS) is 13.0. The number of hydrogen-bond acceptors (Lipinski definition) is 8. The van der Waals surface area contributed by atoms with Crippen molar-refractivity contribution in [2.24, 2.45) is 0 Å². The van der Waals surface area contributed by atoms with Gasteiger partial charge in [0, 0.05) is 26.1 Å². The van der Waals surface area contributed by atoms with E-state index in [4.69, 9.17) is 9.39 Å². The molecule has 0 saturated heterocycles. The summed E-state index contributed by atoms with van der Waals surface area (Å²) in [4.78, 5) is 47.7. The van der Waals surface area contributed by atoms with Gasteiger partial charge < -0.3 is 23.3 Å². The Labute approximate surface area is 164 Å². The highest BCUT2D eigenvalue weighted by Gasteiger charge is 2.37. The Hall–Kier alpha value is -3.37. The van der Waals surface area contributed by atoms with Crippen molar-refractivity contribution in [1.29, 1.82) is 0 Å². The van der Waals surface area contributed by atoms with Crippen molar-refractivity contribution in [1.82, 2.24) is 4.57 Å². The third kappa shape index (κ3) is 4.23. The number of benzene rings is 1. The van der Waals surface area contributed by atoms with E-state index in [-0.39, 0.29) is 28.3 Å². The van der Waals surface area contributed by atoms with Gasteiger partial charge in [-0.2, -0.15) is 0 Å². The maximum atomic E-state index is 14.2. The second kappa shape index (κ2) is 7.94. The number of fused-ring (bicyclic) bond motifs is 1. The summed E-state index contributed by atoms with van der Waals surface area (Å²) in [6.45, 7) is 2.06. The summed E-state index contributed by atoms with van der Waals surface area (Å²) in [6.07, 6.45) is 2.79. The van der Waals surface area contributed by atoms with Gasteiger partial charge in [0.05, 0.1) is 18.0 Å². The molecule has 1 aliphatic rings. The first-order valence-electron chi connectivity index (χ1n) is 8.69. The van der Waals surface area contributed by atoms with E-state index in [0.717, 1.165) is 32.8 Å². The molecule has 3 rings (SSSR count). The number of methoxy groups -OCH3 is 1. The van der Waals surface area contributed by atoms with E-state index in [9.17, 15) is 23.6 Å². The SMILES string of the molecule is COc1c(F)ccc2c(=O)c(C(=O)OB(OC(C)=O)OC(C)=O)cn(C3CC3)c12. The van der Waals surface area contributed by atoms with Gasteiger partial charge in [-0.05, 0) is 25.0 Å². The van der Waals surface area contributed by atoms with Crippen LogP contribution in [0, 0.1) is 5.82 Å². The molecule has 29 heavy (non-hydrogen) atoms. The van der Waals surface area contributed by atoms with Crippen LogP contribution >= 0.6 is 0 Å². The van der Waals surface area contributed by atoms with Crippen molar-refractivity contribution in [3.05, 3.63) is 39.9 Å². The molecule has 0 aliphatic heterocycles. The molecule has 11 heteroatoms. The number of carbonyl (C=O) groups excluding carboxylic acids is 3. The lowest BCUT2D eigenvalue weighted by molar-refractivity contribution is -0.139. The summed E-state index contributed by atoms with van der Waals surface area (Å²) in [7, 11) is -0.658. The Balaban J connectivity index is 2.08. The average Bonchev–Trinajstić information content (AvgIpc) is 3.45. The zero-order chi connectivity index (χ0) is 21.3. The largest absolute Gasteiger partial charge is 0.870 e. The molecule has 9 nitrogen and oxygen atoms in total. The molecule has 152 valence electrons. The van der Waals surface area contributed by atoms with Gasteiger partial charge in [-0.25, -0.2) is 9.18 Å². The number of carbonyl (C=O) groups is 3. The quantitative estimate of drug-likeness (QED) is 0.669. The van der Waals surface area contributed by atoms with Crippen LogP contribution in [0.5, 0.6) is 5.75 Å². The van der Waals surface area contributed by atoms with Crippen LogP contribution in [-0.2, 0) is 23.6 Å². The highest BCUT2D eigenvalue weighted by atomic mass is 19.1. The van der Waals surface area contributed by atoms with Crippen LogP contribution < -0.4 is 10.2 Å². The summed E-state index contributed by atoms with van der Waals surface area (Å²) in [5, 5.41) is 0.0566. The van der Waals surface area contributed by atoms with Crippen LogP contribution in [0.2, 0.25) is 0 Å². The fraction of sp³-hybridized carbons (Fsp3) is 0.333. The molecule has 1 saturated carbocycles. The first-order chi connectivity index (χ1) is 13.7. The van der Waals surface area contributed by atoms with Crippen molar-refractivity contribution in [2.45, 2.75) is 32.7 Å². The molecule has 0 unspecified atom stereocenters. The summed E-state index contributed by atoms with van der Waals surface area (Å²) in [5.41, 5.74) is -0.889. The fourth-order valence-corrected chi connectivity index (χ4v) is 2.87. The molecule has 0 N–H and O–H groups in total. The third-order valence-corrected chi connectivity index (χ3v) is 4.19. The molecule has 1 aromatic carbocycles. The topological polar surface area (TPSA) is 110 Å². The Morgan fingerprint density at radius 2 is 1.72 bits per heavy atom. The zero-order valence-electron chi connectivity index (χ0n) is 15.9. The minimum Gasteiger partial charge on any atom is -0.492 e. The van der Waals surface area contributed by atoms with E-state index in [1.54, 1.807) is 4.57 Å². The second-order valence-electron chi connectivity index (χ2n) is 6.40. The highest BCUT2D eigenvalue weighted by Crippen LogP contribution is 2.39. The summed E-state index contributed by atoms with van der Waals surface area (Å²) >= 11 is 0. The van der Waals surface area contributed by atoms with Gasteiger partial charge in [0.2, 0.25) is 5.43 Å². The van der Waals surface area contributed by atoms with Crippen molar-refractivity contribution in [3.63, 3.8) is 0 Å². The molecule has 1 fully saturated rings. The maximum absolute atomic E-state index is 14.2. The standard InChI is InChI=1S/C18H17BFNO8/c1-9(22)27-19(28-10(2)23)29-18(25)13-8-21(11-4-5-11)15-12(16(13)24)6-7-14(20)17(15)26-3/h6-8,11H,4-5H2,1-3H3. The number of rotatable bonds is 6. The lowest BCUT2D eigenvalue weighted by Crippen LogP contribution is -2.35. The van der Waals surface area contributed by atoms with Crippen LogP contribution in [-0.4, -0.2) is 36.9 Å². The highest BCUT2D eigenvalue weighted by molar-refractivity contribution is 6.44. The van der Waals surface area contributed by atoms with Crippen LogP contribution in [0.4, 0.5) is 4.39 Å². The van der Waals surface area contributed by atoms with Gasteiger partial charge in [0.1, 0.15) is 5.56 Å². The van der Waals surface area contributed by atoms with E-state index in [2.05, 4.69) is 9.31 Å². The summed E-state index contributed by atoms with van der Waals surface area (Å²) < 4.78 is 35.0. The fourth-order valence-electron chi connectivity index (χ4n) is 2.87. The van der Waals surface area contributed by atoms with Gasteiger partial charge in [0.25, 0.3) is 11.9 Å². The van der Waals surface area contributed by atoms with E-state index >= 15 is 0 Å². The Morgan fingerprint density at radius 3 is 2.24 bits per heavy atom. The third-order valence-electron chi connectivity index (χ3n) is 4.19. The van der Waals surface area contributed by atoms with Crippen LogP contribution in [0.25, 0.3) is 10.9 Å². The van der Waals surface area contributed by atoms with E-state index in [0.29, 0.717) is 0 Å². The molecule has 1 aromatic heterocycles. The minimum atomic E-state index is -1.94. The molecule has 1 heterocycles. The van der Waals surface area contributed by atoms with Crippen molar-refractivity contribution in [2.75, 3.05) is 7.11 Å². The molecule has 0 atom stereocenters. The number of ether oxygens (including phenoxy) is 1. The smallest absolute Gasteiger partial charge is 0.492 e. The van der Waals surface area contributed by atoms with Crippen molar-refractivity contribution in [3.8, 4) is 5.75 Å². The Morgan fingerprint density at radius 1 is 1.10 bits per heavy atom.